The minimum absolute atomic E-state index is 0. The topological polar surface area (TPSA) is 290 Å². The van der Waals surface area contributed by atoms with Crippen molar-refractivity contribution in [2.75, 3.05) is 12.3 Å². The quantitative estimate of drug-likeness (QED) is 0.210. The normalized spacial score (nSPS) is 25.2. The van der Waals surface area contributed by atoms with E-state index in [-0.39, 0.29) is 92.6 Å². The summed E-state index contributed by atoms with van der Waals surface area (Å²) in [6.45, 7) is -1.08. The van der Waals surface area contributed by atoms with Crippen molar-refractivity contribution in [2.24, 2.45) is 0 Å². The monoisotopic (exact) mass is 531 g/mol. The predicted octanol–water partition coefficient (Wildman–Crippen LogP) is -16.1. The number of phosphoric ester groups is 1. The Kier molecular flexibility index (Phi) is 15.7. The number of aliphatic hydroxyl groups is 2. The van der Waals surface area contributed by atoms with Crippen molar-refractivity contribution in [1.82, 2.24) is 19.5 Å². The van der Waals surface area contributed by atoms with E-state index in [2.05, 4.69) is 28.1 Å². The number of hydrogen-bond acceptors (Lipinski definition) is 17. The first kappa shape index (κ1) is 38.2. The molecule has 1 aliphatic rings. The van der Waals surface area contributed by atoms with E-state index >= 15 is 0 Å². The van der Waals surface area contributed by atoms with Gasteiger partial charge in [-0.05, 0) is 0 Å². The maximum Gasteiger partial charge on any atom is 1.00 e. The third kappa shape index (κ3) is 10.3. The maximum atomic E-state index is 11.6. The smallest absolute Gasteiger partial charge is 0.790 e. The Labute approximate surface area is 244 Å². The zero-order valence-corrected chi connectivity index (χ0v) is 21.4. The summed E-state index contributed by atoms with van der Waals surface area (Å²) in [7, 11) is -18.1. The van der Waals surface area contributed by atoms with Crippen molar-refractivity contribution in [3.05, 3.63) is 12.5 Å². The van der Waals surface area contributed by atoms with Crippen LogP contribution in [0.2, 0.25) is 0 Å². The molecule has 4 N–H and O–H groups in total. The molecule has 0 aliphatic carbocycles. The number of imidazole rings is 1. The van der Waals surface area contributed by atoms with Crippen molar-refractivity contribution in [3.63, 3.8) is 0 Å². The van der Waals surface area contributed by atoms with Gasteiger partial charge in [0.1, 0.15) is 23.8 Å². The van der Waals surface area contributed by atoms with Gasteiger partial charge in [0, 0.05) is 0 Å². The van der Waals surface area contributed by atoms with Gasteiger partial charge in [-0.3, -0.25) is 18.0 Å². The van der Waals surface area contributed by atoms with Gasteiger partial charge in [0.05, 0.1) is 27.0 Å². The molecule has 3 rings (SSSR count). The first-order chi connectivity index (χ1) is 14.2. The molecule has 1 aliphatic heterocycles. The van der Waals surface area contributed by atoms with Gasteiger partial charge in [-0.2, -0.15) is 4.98 Å². The van der Waals surface area contributed by atoms with Gasteiger partial charge in [0.2, 0.25) is 5.95 Å². The van der Waals surface area contributed by atoms with E-state index < -0.39 is 54.6 Å². The number of rotatable bonds is 8. The van der Waals surface area contributed by atoms with Gasteiger partial charge >= 0.3 is 75.4 Å². The molecule has 0 spiro atoms. The second-order valence-corrected chi connectivity index (χ2v) is 10.2. The average molecular weight is 531 g/mol. The predicted molar refractivity (Wildman–Crippen MR) is 86.6 cm³/mol. The van der Waals surface area contributed by atoms with Crippen LogP contribution < -0.4 is 101 Å². The molecule has 35 heavy (non-hydrogen) atoms. The second kappa shape index (κ2) is 14.4. The van der Waals surface area contributed by atoms with E-state index in [1.807, 2.05) is 0 Å². The molecule has 25 heteroatoms. The minimum atomic E-state index is -6.14. The van der Waals surface area contributed by atoms with Crippen LogP contribution >= 0.6 is 23.5 Å². The number of anilines is 1. The summed E-state index contributed by atoms with van der Waals surface area (Å²) in [6.07, 6.45) is -3.80. The summed E-state index contributed by atoms with van der Waals surface area (Å²) in [5.74, 6) is -0.128. The third-order valence-electron chi connectivity index (χ3n) is 3.74. The molecule has 174 valence electrons. The molecule has 0 aromatic carbocycles. The van der Waals surface area contributed by atoms with Crippen molar-refractivity contribution in [1.29, 1.82) is 0 Å². The fourth-order valence-electron chi connectivity index (χ4n) is 2.57. The number of hydrogen-bond donors (Lipinski definition) is 3. The molecule has 0 radical (unpaired) electrons. The minimum Gasteiger partial charge on any atom is -0.790 e. The molecule has 1 saturated heterocycles. The van der Waals surface area contributed by atoms with Crippen LogP contribution in [0.5, 0.6) is 0 Å². The Morgan fingerprint density at radius 1 is 1.00 bits per heavy atom. The van der Waals surface area contributed by atoms with E-state index in [0.29, 0.717) is 0 Å². The number of aromatic nitrogens is 4. The number of nitrogens with two attached hydrogens (primary N) is 1. The number of phosphoric acid groups is 3. The Morgan fingerprint density at radius 2 is 1.60 bits per heavy atom. The Hall–Kier alpha value is 1.03. The largest absolute Gasteiger partial charge is 1.00 e. The van der Waals surface area contributed by atoms with E-state index in [0.717, 1.165) is 0 Å². The van der Waals surface area contributed by atoms with Gasteiger partial charge < -0.3 is 49.3 Å². The number of nitrogens with zero attached hydrogens (tertiary/aromatic N) is 4. The van der Waals surface area contributed by atoms with Crippen LogP contribution in [0.15, 0.2) is 12.5 Å². The fraction of sp³-hybridized carbons (Fsp3) is 0.500. The number of aliphatic hydroxyl groups excluding tert-OH is 2. The Bertz CT molecular complexity index is 1120. The van der Waals surface area contributed by atoms with Gasteiger partial charge in [0.15, 0.2) is 11.9 Å². The van der Waals surface area contributed by atoms with E-state index in [4.69, 9.17) is 10.5 Å². The van der Waals surface area contributed by atoms with Crippen LogP contribution in [-0.2, 0) is 31.6 Å². The summed E-state index contributed by atoms with van der Waals surface area (Å²) in [6, 6.07) is 0. The van der Waals surface area contributed by atoms with Crippen LogP contribution in [0, 0.1) is 0 Å². The van der Waals surface area contributed by atoms with Gasteiger partial charge in [-0.1, -0.05) is 0 Å². The van der Waals surface area contributed by atoms with Crippen LogP contribution in [0.3, 0.4) is 0 Å². The summed E-state index contributed by atoms with van der Waals surface area (Å²) in [5, 5.41) is 20.3. The molecule has 1 fully saturated rings. The van der Waals surface area contributed by atoms with Gasteiger partial charge in [-0.25, -0.2) is 14.3 Å². The molecule has 0 saturated carbocycles. The average Bonchev–Trinajstić information content (AvgIpc) is 3.11. The van der Waals surface area contributed by atoms with E-state index in [9.17, 15) is 43.5 Å². The summed E-state index contributed by atoms with van der Waals surface area (Å²) in [4.78, 5) is 54.9. The molecule has 18 nitrogen and oxygen atoms in total. The first-order valence-electron chi connectivity index (χ1n) is 7.85. The summed E-state index contributed by atoms with van der Waals surface area (Å²) < 4.78 is 50.2. The summed E-state index contributed by atoms with van der Waals surface area (Å²) >= 11 is 0. The Morgan fingerprint density at radius 3 is 2.17 bits per heavy atom. The molecule has 2 aromatic heterocycles. The van der Waals surface area contributed by atoms with Gasteiger partial charge in [0.25, 0.3) is 15.6 Å². The van der Waals surface area contributed by atoms with E-state index in [1.165, 1.54) is 17.1 Å². The molecule has 3 heterocycles. The molecular formula is C10H12Li4N5O13P3. The van der Waals surface area contributed by atoms with Crippen molar-refractivity contribution in [3.8, 4) is 0 Å². The number of nitrogen functional groups attached to an aromatic ring is 1. The summed E-state index contributed by atoms with van der Waals surface area (Å²) in [5.41, 5.74) is 5.87. The standard InChI is InChI=1S/C10H16N5O13P3.4Li/c11-10-12-1-4-8(14-10)15(3-13-4)9-7(17)6(16)5(26-9)2-25-30(21,22)28-31(23,24)27-29(18,19)20;;;;/h1,3,5-7,9,16-17H,2H2,(H,21,22)(H,23,24)(H2,11,12,14)(H2,18,19,20);;;;/q;4*+1/p-4. The van der Waals surface area contributed by atoms with E-state index in [1.54, 1.807) is 0 Å². The van der Waals surface area contributed by atoms with Crippen molar-refractivity contribution >= 4 is 40.6 Å². The first-order valence-corrected chi connectivity index (χ1v) is 12.2. The molecule has 0 bridgehead atoms. The number of fused-ring (bicyclic) bond motifs is 1. The second-order valence-electron chi connectivity index (χ2n) is 5.94. The number of ether oxygens (including phenoxy) is 1. The molecule has 6 atom stereocenters. The molecule has 2 aromatic rings. The Balaban J connectivity index is 0. The fourth-order valence-corrected chi connectivity index (χ4v) is 5.44. The van der Waals surface area contributed by atoms with Crippen molar-refractivity contribution in [2.45, 2.75) is 24.5 Å². The SMILES string of the molecule is Nc1ncc2ncn(C3OC(COP(=O)([O-])OP(=O)([O-])OP(=O)([O-])[O-])C(O)C3O)c2n1.[Li+].[Li+].[Li+].[Li+]. The van der Waals surface area contributed by atoms with Gasteiger partial charge in [-0.15, -0.1) is 0 Å². The van der Waals surface area contributed by atoms with Crippen LogP contribution in [0.1, 0.15) is 6.23 Å². The molecule has 0 amide bonds. The van der Waals surface area contributed by atoms with Crippen molar-refractivity contribution < 1.29 is 137 Å². The van der Waals surface area contributed by atoms with Crippen LogP contribution in [0.25, 0.3) is 11.2 Å². The molecule has 6 unspecified atom stereocenters. The molecular weight excluding hydrogens is 519 g/mol. The van der Waals surface area contributed by atoms with Crippen LogP contribution in [0.4, 0.5) is 5.95 Å². The maximum absolute atomic E-state index is 11.6. The van der Waals surface area contributed by atoms with Crippen LogP contribution in [-0.4, -0.2) is 54.7 Å². The zero-order valence-electron chi connectivity index (χ0n) is 18.8. The zero-order chi connectivity index (χ0) is 23.2. The third-order valence-corrected chi connectivity index (χ3v) is 7.41.